The predicted molar refractivity (Wildman–Crippen MR) is 68.6 cm³/mol. The van der Waals surface area contributed by atoms with Gasteiger partial charge in [-0.3, -0.25) is 0 Å². The lowest BCUT2D eigenvalue weighted by molar-refractivity contribution is 0.0690. The Balaban J connectivity index is 4.34. The number of nitrogens with zero attached hydrogens (tertiary/aromatic N) is 1. The van der Waals surface area contributed by atoms with Crippen LogP contribution in [0.3, 0.4) is 0 Å². The molecule has 0 aliphatic heterocycles. The van der Waals surface area contributed by atoms with Crippen molar-refractivity contribution in [2.24, 2.45) is 0 Å². The van der Waals surface area contributed by atoms with Crippen LogP contribution < -0.4 is 0 Å². The lowest BCUT2D eigenvalue weighted by atomic mass is 10.6. The van der Waals surface area contributed by atoms with Crippen molar-refractivity contribution in [2.75, 3.05) is 40.0 Å². The molecule has 0 aliphatic rings. The Morgan fingerprint density at radius 3 is 1.62 bits per heavy atom. The van der Waals surface area contributed by atoms with Gasteiger partial charge in [0.25, 0.3) is 0 Å². The van der Waals surface area contributed by atoms with E-state index < -0.39 is 8.80 Å². The number of rotatable bonds is 10. The molecule has 0 saturated carbocycles. The summed E-state index contributed by atoms with van der Waals surface area (Å²) < 4.78 is 17.3. The molecular formula is C11H27NO3Si. The van der Waals surface area contributed by atoms with E-state index in [1.807, 2.05) is 20.8 Å². The second kappa shape index (κ2) is 9.12. The first-order chi connectivity index (χ1) is 7.64. The molecule has 0 atom stereocenters. The van der Waals surface area contributed by atoms with E-state index in [4.69, 9.17) is 13.3 Å². The zero-order valence-corrected chi connectivity index (χ0v) is 12.4. The summed E-state index contributed by atoms with van der Waals surface area (Å²) in [5, 5.41) is 0. The molecule has 0 spiro atoms. The summed E-state index contributed by atoms with van der Waals surface area (Å²) >= 11 is 0. The van der Waals surface area contributed by atoms with E-state index >= 15 is 0 Å². The van der Waals surface area contributed by atoms with Gasteiger partial charge < -0.3 is 18.2 Å². The van der Waals surface area contributed by atoms with Crippen molar-refractivity contribution >= 4 is 8.80 Å². The first kappa shape index (κ1) is 16.1. The molecular weight excluding hydrogens is 222 g/mol. The van der Waals surface area contributed by atoms with Gasteiger partial charge in [0, 0.05) is 32.4 Å². The molecule has 0 unspecified atom stereocenters. The Bertz CT molecular complexity index is 152. The van der Waals surface area contributed by atoms with Crippen LogP contribution in [0.4, 0.5) is 0 Å². The van der Waals surface area contributed by atoms with E-state index in [0.717, 1.165) is 19.1 Å². The number of hydrogen-bond donors (Lipinski definition) is 0. The topological polar surface area (TPSA) is 30.9 Å². The molecule has 0 aromatic rings. The fraction of sp³-hybridized carbons (Fsp3) is 1.00. The Morgan fingerprint density at radius 1 is 0.875 bits per heavy atom. The highest BCUT2D eigenvalue weighted by Crippen LogP contribution is 2.16. The molecule has 0 radical (unpaired) electrons. The predicted octanol–water partition coefficient (Wildman–Crippen LogP) is 1.99. The monoisotopic (exact) mass is 249 g/mol. The summed E-state index contributed by atoms with van der Waals surface area (Å²) in [4.78, 5) is 2.25. The lowest BCUT2D eigenvalue weighted by Crippen LogP contribution is -2.48. The number of hydrogen-bond acceptors (Lipinski definition) is 4. The zero-order valence-electron chi connectivity index (χ0n) is 11.4. The standard InChI is InChI=1S/C11H27NO3Si/c1-6-12(5)10-11-16(13-7-2,14-8-3)15-9-4/h6-11H2,1-5H3. The second-order valence-electron chi connectivity index (χ2n) is 3.63. The average Bonchev–Trinajstić information content (AvgIpc) is 2.27. The van der Waals surface area contributed by atoms with Crippen molar-refractivity contribution in [1.82, 2.24) is 4.90 Å². The van der Waals surface area contributed by atoms with Crippen LogP contribution in [-0.2, 0) is 13.3 Å². The molecule has 0 N–H and O–H groups in total. The van der Waals surface area contributed by atoms with Crippen LogP contribution in [-0.4, -0.2) is 53.7 Å². The molecule has 0 saturated heterocycles. The molecule has 0 aliphatic carbocycles. The Labute approximate surface area is 101 Å². The average molecular weight is 249 g/mol. The highest BCUT2D eigenvalue weighted by molar-refractivity contribution is 6.60. The summed E-state index contributed by atoms with van der Waals surface area (Å²) in [6.45, 7) is 12.1. The summed E-state index contributed by atoms with van der Waals surface area (Å²) in [5.41, 5.74) is 0. The van der Waals surface area contributed by atoms with Gasteiger partial charge in [-0.15, -0.1) is 0 Å². The van der Waals surface area contributed by atoms with Crippen molar-refractivity contribution in [3.63, 3.8) is 0 Å². The van der Waals surface area contributed by atoms with Crippen LogP contribution in [0, 0.1) is 0 Å². The third kappa shape index (κ3) is 5.96. The Kier molecular flexibility index (Phi) is 9.16. The van der Waals surface area contributed by atoms with Crippen molar-refractivity contribution in [3.8, 4) is 0 Å². The molecule has 0 aromatic heterocycles. The van der Waals surface area contributed by atoms with Crippen LogP contribution in [0.25, 0.3) is 0 Å². The SMILES string of the molecule is CCO[Si](CCN(C)CC)(OCC)OCC. The highest BCUT2D eigenvalue weighted by atomic mass is 28.4. The molecule has 0 aromatic carbocycles. The summed E-state index contributed by atoms with van der Waals surface area (Å²) in [6, 6.07) is 0.868. The van der Waals surface area contributed by atoms with Gasteiger partial charge in [0.15, 0.2) is 0 Å². The quantitative estimate of drug-likeness (QED) is 0.554. The normalized spacial score (nSPS) is 12.4. The first-order valence-corrected chi connectivity index (χ1v) is 8.17. The van der Waals surface area contributed by atoms with Crippen molar-refractivity contribution in [3.05, 3.63) is 0 Å². The van der Waals surface area contributed by atoms with Crippen LogP contribution in [0.2, 0.25) is 6.04 Å². The maximum absolute atomic E-state index is 5.77. The van der Waals surface area contributed by atoms with E-state index in [-0.39, 0.29) is 0 Å². The van der Waals surface area contributed by atoms with Crippen LogP contribution in [0.1, 0.15) is 27.7 Å². The maximum Gasteiger partial charge on any atom is 0.502 e. The van der Waals surface area contributed by atoms with E-state index in [1.54, 1.807) is 0 Å². The summed E-state index contributed by atoms with van der Waals surface area (Å²) in [7, 11) is -0.316. The third-order valence-corrected chi connectivity index (χ3v) is 5.45. The van der Waals surface area contributed by atoms with Crippen LogP contribution in [0.15, 0.2) is 0 Å². The summed E-state index contributed by atoms with van der Waals surface area (Å²) in [6.07, 6.45) is 0. The van der Waals surface area contributed by atoms with Gasteiger partial charge >= 0.3 is 8.80 Å². The zero-order chi connectivity index (χ0) is 12.4. The van der Waals surface area contributed by atoms with Crippen molar-refractivity contribution in [2.45, 2.75) is 33.7 Å². The Hall–Kier alpha value is 0.0569. The summed E-state index contributed by atoms with van der Waals surface area (Å²) in [5.74, 6) is 0. The maximum atomic E-state index is 5.77. The van der Waals surface area contributed by atoms with Gasteiger partial charge in [-0.05, 0) is 34.4 Å². The molecule has 5 heteroatoms. The smallest absolute Gasteiger partial charge is 0.374 e. The molecule has 0 rings (SSSR count). The largest absolute Gasteiger partial charge is 0.502 e. The molecule has 0 bridgehead atoms. The second-order valence-corrected chi connectivity index (χ2v) is 6.36. The van der Waals surface area contributed by atoms with Gasteiger partial charge in [-0.2, -0.15) is 0 Å². The van der Waals surface area contributed by atoms with E-state index in [0.29, 0.717) is 19.8 Å². The van der Waals surface area contributed by atoms with Crippen LogP contribution in [0.5, 0.6) is 0 Å². The van der Waals surface area contributed by atoms with Gasteiger partial charge in [0.1, 0.15) is 0 Å². The molecule has 98 valence electrons. The Morgan fingerprint density at radius 2 is 1.31 bits per heavy atom. The van der Waals surface area contributed by atoms with Gasteiger partial charge in [-0.25, -0.2) is 0 Å². The van der Waals surface area contributed by atoms with Gasteiger partial charge in [-0.1, -0.05) is 6.92 Å². The van der Waals surface area contributed by atoms with E-state index in [9.17, 15) is 0 Å². The van der Waals surface area contributed by atoms with Crippen molar-refractivity contribution < 1.29 is 13.3 Å². The third-order valence-electron chi connectivity index (χ3n) is 2.43. The molecule has 4 nitrogen and oxygen atoms in total. The van der Waals surface area contributed by atoms with Crippen molar-refractivity contribution in [1.29, 1.82) is 0 Å². The minimum absolute atomic E-state index is 0.655. The lowest BCUT2D eigenvalue weighted by Gasteiger charge is -2.29. The molecule has 16 heavy (non-hydrogen) atoms. The van der Waals surface area contributed by atoms with Gasteiger partial charge in [0.05, 0.1) is 0 Å². The fourth-order valence-corrected chi connectivity index (χ4v) is 4.15. The molecule has 0 amide bonds. The van der Waals surface area contributed by atoms with E-state index in [1.165, 1.54) is 0 Å². The minimum Gasteiger partial charge on any atom is -0.374 e. The highest BCUT2D eigenvalue weighted by Gasteiger charge is 2.39. The molecule has 0 heterocycles. The van der Waals surface area contributed by atoms with Crippen LogP contribution >= 0.6 is 0 Å². The van der Waals surface area contributed by atoms with Gasteiger partial charge in [0.2, 0.25) is 0 Å². The first-order valence-electron chi connectivity index (χ1n) is 6.24. The van der Waals surface area contributed by atoms with E-state index in [2.05, 4.69) is 18.9 Å². The fourth-order valence-electron chi connectivity index (χ4n) is 1.49. The molecule has 0 fully saturated rings. The minimum atomic E-state index is -2.42.